The van der Waals surface area contributed by atoms with Crippen LogP contribution in [0.5, 0.6) is 0 Å². The Balaban J connectivity index is 1.92. The van der Waals surface area contributed by atoms with Crippen molar-refractivity contribution in [2.75, 3.05) is 13.1 Å². The van der Waals surface area contributed by atoms with Crippen molar-refractivity contribution in [1.29, 1.82) is 0 Å². The molecule has 1 aromatic carbocycles. The van der Waals surface area contributed by atoms with Crippen molar-refractivity contribution < 1.29 is 8.42 Å². The van der Waals surface area contributed by atoms with Crippen molar-refractivity contribution in [2.45, 2.75) is 18.7 Å². The van der Waals surface area contributed by atoms with E-state index in [1.807, 2.05) is 19.1 Å². The summed E-state index contributed by atoms with van der Waals surface area (Å²) >= 11 is 3.63. The van der Waals surface area contributed by atoms with Crippen molar-refractivity contribution in [3.05, 3.63) is 52.0 Å². The van der Waals surface area contributed by atoms with Gasteiger partial charge >= 0.3 is 0 Å². The smallest absolute Gasteiger partial charge is 0.207 e. The van der Waals surface area contributed by atoms with Gasteiger partial charge in [-0.15, -0.1) is 0 Å². The van der Waals surface area contributed by atoms with Crippen molar-refractivity contribution in [3.8, 4) is 0 Å². The summed E-state index contributed by atoms with van der Waals surface area (Å²) in [6, 6.07) is 7.06. The Morgan fingerprint density at radius 1 is 1.19 bits per heavy atom. The molecule has 0 bridgehead atoms. The van der Waals surface area contributed by atoms with Crippen LogP contribution in [0.15, 0.2) is 51.4 Å². The molecule has 2 atom stereocenters. The molecular weight excluding hydrogens is 350 g/mol. The maximum Gasteiger partial charge on any atom is 0.243 e. The van der Waals surface area contributed by atoms with E-state index >= 15 is 0 Å². The number of hydrogen-bond donors (Lipinski definition) is 0. The molecule has 3 rings (SSSR count). The Kier molecular flexibility index (Phi) is 3.84. The van der Waals surface area contributed by atoms with Crippen LogP contribution in [0.1, 0.15) is 12.5 Å². The van der Waals surface area contributed by atoms with E-state index in [-0.39, 0.29) is 5.92 Å². The average Bonchev–Trinajstić information content (AvgIpc) is 2.89. The molecule has 1 aliphatic heterocycles. The van der Waals surface area contributed by atoms with Gasteiger partial charge in [0.2, 0.25) is 10.0 Å². The number of aryl methyl sites for hydroxylation is 1. The number of nitrogens with zero attached hydrogens (tertiary/aromatic N) is 1. The highest BCUT2D eigenvalue weighted by Gasteiger charge is 2.37. The van der Waals surface area contributed by atoms with Crippen LogP contribution in [-0.2, 0) is 10.0 Å². The summed E-state index contributed by atoms with van der Waals surface area (Å²) in [4.78, 5) is 0.375. The normalized spacial score (nSPS) is 26.2. The minimum absolute atomic E-state index is 0.204. The zero-order valence-electron chi connectivity index (χ0n) is 12.1. The number of halogens is 1. The molecule has 112 valence electrons. The van der Waals surface area contributed by atoms with Gasteiger partial charge in [0.25, 0.3) is 0 Å². The monoisotopic (exact) mass is 367 g/mol. The number of benzene rings is 1. The molecule has 0 unspecified atom stereocenters. The van der Waals surface area contributed by atoms with Gasteiger partial charge in [-0.1, -0.05) is 52.7 Å². The van der Waals surface area contributed by atoms with Gasteiger partial charge in [0.1, 0.15) is 0 Å². The summed E-state index contributed by atoms with van der Waals surface area (Å²) in [7, 11) is -3.41. The van der Waals surface area contributed by atoms with Gasteiger partial charge in [-0.2, -0.15) is 4.31 Å². The molecule has 2 aliphatic rings. The van der Waals surface area contributed by atoms with Crippen molar-refractivity contribution in [3.63, 3.8) is 0 Å². The summed E-state index contributed by atoms with van der Waals surface area (Å²) in [6.45, 7) is 5.08. The summed E-state index contributed by atoms with van der Waals surface area (Å²) in [6.07, 6.45) is 4.27. The molecule has 5 heteroatoms. The van der Waals surface area contributed by atoms with Crippen LogP contribution in [0, 0.1) is 18.8 Å². The van der Waals surface area contributed by atoms with Gasteiger partial charge in [0.05, 0.1) is 4.90 Å². The zero-order chi connectivity index (χ0) is 15.2. The molecule has 1 heterocycles. The standard InChI is InChI=1S/C16H18BrNO2S/c1-11-3-7-14(8-4-11)21(19,20)18-9-13-6-5-12(2)16(17)15(13)10-18/h3-8,12-13H,9-10H2,1-2H3/t12-,13-/m0/s1. The molecule has 0 N–H and O–H groups in total. The fraction of sp³-hybridized carbons (Fsp3) is 0.375. The Labute approximate surface area is 134 Å². The van der Waals surface area contributed by atoms with Crippen LogP contribution in [-0.4, -0.2) is 25.8 Å². The highest BCUT2D eigenvalue weighted by Crippen LogP contribution is 2.39. The van der Waals surface area contributed by atoms with E-state index < -0.39 is 10.0 Å². The van der Waals surface area contributed by atoms with Gasteiger partial charge in [-0.05, 0) is 24.6 Å². The number of sulfonamides is 1. The van der Waals surface area contributed by atoms with Crippen LogP contribution in [0.3, 0.4) is 0 Å². The zero-order valence-corrected chi connectivity index (χ0v) is 14.5. The van der Waals surface area contributed by atoms with E-state index in [1.165, 1.54) is 5.57 Å². The van der Waals surface area contributed by atoms with E-state index in [2.05, 4.69) is 35.0 Å². The van der Waals surface area contributed by atoms with E-state index in [0.29, 0.717) is 23.9 Å². The molecule has 0 aromatic heterocycles. The minimum atomic E-state index is -3.41. The van der Waals surface area contributed by atoms with Gasteiger partial charge in [0, 0.05) is 29.4 Å². The lowest BCUT2D eigenvalue weighted by Gasteiger charge is -2.18. The van der Waals surface area contributed by atoms with Gasteiger partial charge in [-0.3, -0.25) is 0 Å². The molecule has 1 aliphatic carbocycles. The van der Waals surface area contributed by atoms with E-state index in [4.69, 9.17) is 0 Å². The SMILES string of the molecule is Cc1ccc(S(=O)(=O)N2CC3=C(Br)[C@@H](C)C=C[C@H]3C2)cc1. The predicted octanol–water partition coefficient (Wildman–Crippen LogP) is 3.47. The lowest BCUT2D eigenvalue weighted by atomic mass is 9.92. The van der Waals surface area contributed by atoms with Crippen LogP contribution in [0.4, 0.5) is 0 Å². The van der Waals surface area contributed by atoms with E-state index in [1.54, 1.807) is 16.4 Å². The molecule has 1 saturated heterocycles. The molecule has 0 radical (unpaired) electrons. The molecule has 3 nitrogen and oxygen atoms in total. The first-order valence-corrected chi connectivity index (χ1v) is 9.26. The number of rotatable bonds is 2. The fourth-order valence-corrected chi connectivity index (χ4v) is 4.87. The first kappa shape index (κ1) is 15.0. The second kappa shape index (κ2) is 5.38. The van der Waals surface area contributed by atoms with Crippen molar-refractivity contribution in [1.82, 2.24) is 4.31 Å². The van der Waals surface area contributed by atoms with Crippen LogP contribution >= 0.6 is 15.9 Å². The second-order valence-corrected chi connectivity index (χ2v) is 8.56. The number of fused-ring (bicyclic) bond motifs is 1. The number of hydrogen-bond acceptors (Lipinski definition) is 2. The average molecular weight is 368 g/mol. The van der Waals surface area contributed by atoms with Crippen molar-refractivity contribution >= 4 is 26.0 Å². The highest BCUT2D eigenvalue weighted by molar-refractivity contribution is 9.11. The Hall–Kier alpha value is -0.910. The third-order valence-corrected chi connectivity index (χ3v) is 7.25. The lowest BCUT2D eigenvalue weighted by molar-refractivity contribution is 0.471. The van der Waals surface area contributed by atoms with Crippen LogP contribution in [0.25, 0.3) is 0 Å². The first-order chi connectivity index (χ1) is 9.89. The fourth-order valence-electron chi connectivity index (χ4n) is 2.85. The Morgan fingerprint density at radius 3 is 2.52 bits per heavy atom. The predicted molar refractivity (Wildman–Crippen MR) is 87.7 cm³/mol. The van der Waals surface area contributed by atoms with Crippen LogP contribution < -0.4 is 0 Å². The quantitative estimate of drug-likeness (QED) is 0.750. The Bertz CT molecular complexity index is 719. The molecule has 1 fully saturated rings. The van der Waals surface area contributed by atoms with Gasteiger partial charge in [-0.25, -0.2) is 8.42 Å². The van der Waals surface area contributed by atoms with E-state index in [0.717, 1.165) is 10.0 Å². The van der Waals surface area contributed by atoms with Crippen molar-refractivity contribution in [2.24, 2.45) is 11.8 Å². The third-order valence-electron chi connectivity index (χ3n) is 4.19. The molecule has 0 saturated carbocycles. The molecule has 1 aromatic rings. The largest absolute Gasteiger partial charge is 0.243 e. The molecule has 21 heavy (non-hydrogen) atoms. The minimum Gasteiger partial charge on any atom is -0.207 e. The lowest BCUT2D eigenvalue weighted by Crippen LogP contribution is -2.28. The molecule has 0 amide bonds. The molecule has 0 spiro atoms. The van der Waals surface area contributed by atoms with E-state index in [9.17, 15) is 8.42 Å². The summed E-state index contributed by atoms with van der Waals surface area (Å²) < 4.78 is 28.2. The first-order valence-electron chi connectivity index (χ1n) is 7.03. The topological polar surface area (TPSA) is 37.4 Å². The summed E-state index contributed by atoms with van der Waals surface area (Å²) in [5.74, 6) is 0.536. The maximum absolute atomic E-state index is 12.7. The molecular formula is C16H18BrNO2S. The summed E-state index contributed by atoms with van der Waals surface area (Å²) in [5, 5.41) is 0. The number of allylic oxidation sites excluding steroid dienone is 2. The van der Waals surface area contributed by atoms with Crippen LogP contribution in [0.2, 0.25) is 0 Å². The highest BCUT2D eigenvalue weighted by atomic mass is 79.9. The second-order valence-electron chi connectivity index (χ2n) is 5.76. The third kappa shape index (κ3) is 2.62. The Morgan fingerprint density at radius 2 is 1.86 bits per heavy atom. The van der Waals surface area contributed by atoms with Gasteiger partial charge < -0.3 is 0 Å². The maximum atomic E-state index is 12.7. The van der Waals surface area contributed by atoms with Gasteiger partial charge in [0.15, 0.2) is 0 Å². The summed E-state index contributed by atoms with van der Waals surface area (Å²) in [5.41, 5.74) is 2.26.